The van der Waals surface area contributed by atoms with Crippen LogP contribution in [-0.4, -0.2) is 47.9 Å². The van der Waals surface area contributed by atoms with Gasteiger partial charge in [-0.1, -0.05) is 0 Å². The third-order valence-electron chi connectivity index (χ3n) is 2.61. The van der Waals surface area contributed by atoms with Crippen molar-refractivity contribution in [1.82, 2.24) is 4.90 Å². The van der Waals surface area contributed by atoms with Crippen LogP contribution in [0.5, 0.6) is 0 Å². The lowest BCUT2D eigenvalue weighted by Crippen LogP contribution is -2.31. The number of likely N-dealkylation sites (N-methyl/N-ethyl adjacent to an activating group) is 1. The van der Waals surface area contributed by atoms with Crippen molar-refractivity contribution in [2.24, 2.45) is 0 Å². The van der Waals surface area contributed by atoms with Crippen molar-refractivity contribution in [3.63, 3.8) is 0 Å². The summed E-state index contributed by atoms with van der Waals surface area (Å²) in [5.74, 6) is -1.28. The number of anilines is 2. The molecule has 21 heavy (non-hydrogen) atoms. The molecule has 0 aliphatic carbocycles. The molecule has 0 saturated heterocycles. The van der Waals surface area contributed by atoms with Crippen LogP contribution < -0.4 is 10.6 Å². The molecule has 2 amide bonds. The van der Waals surface area contributed by atoms with E-state index in [0.29, 0.717) is 17.9 Å². The van der Waals surface area contributed by atoms with Crippen LogP contribution >= 0.6 is 0 Å². The van der Waals surface area contributed by atoms with E-state index in [-0.39, 0.29) is 24.8 Å². The van der Waals surface area contributed by atoms with E-state index in [2.05, 4.69) is 10.6 Å². The lowest BCUT2D eigenvalue weighted by atomic mass is 10.2. The van der Waals surface area contributed by atoms with E-state index in [1.807, 2.05) is 0 Å². The van der Waals surface area contributed by atoms with Gasteiger partial charge in [0.25, 0.3) is 0 Å². The number of carbonyl (C=O) groups is 3. The lowest BCUT2D eigenvalue weighted by molar-refractivity contribution is -0.137. The molecule has 1 rings (SSSR count). The zero-order valence-corrected chi connectivity index (χ0v) is 12.0. The summed E-state index contributed by atoms with van der Waals surface area (Å²) < 4.78 is 0. The number of carboxylic acid groups (broad SMARTS) is 1. The summed E-state index contributed by atoms with van der Waals surface area (Å²) in [4.78, 5) is 34.7. The molecule has 3 N–H and O–H groups in total. The summed E-state index contributed by atoms with van der Waals surface area (Å²) in [5.41, 5.74) is 1.26. The number of carbonyl (C=O) groups excluding carboxylic acids is 2. The van der Waals surface area contributed by atoms with Crippen LogP contribution in [0.25, 0.3) is 0 Å². The molecular weight excluding hydrogens is 274 g/mol. The highest BCUT2D eigenvalue weighted by atomic mass is 16.4. The second-order valence-electron chi connectivity index (χ2n) is 4.69. The molecule has 0 fully saturated rings. The van der Waals surface area contributed by atoms with Crippen molar-refractivity contribution >= 4 is 29.2 Å². The van der Waals surface area contributed by atoms with Gasteiger partial charge in [-0.15, -0.1) is 0 Å². The molecule has 0 bridgehead atoms. The lowest BCUT2D eigenvalue weighted by Gasteiger charge is -2.15. The molecule has 114 valence electrons. The highest BCUT2D eigenvalue weighted by Gasteiger charge is 2.08. The Bertz CT molecular complexity index is 513. The maximum atomic E-state index is 11.8. The average Bonchev–Trinajstić information content (AvgIpc) is 2.38. The Hall–Kier alpha value is -2.41. The molecule has 1 aromatic carbocycles. The van der Waals surface area contributed by atoms with Crippen molar-refractivity contribution in [2.75, 3.05) is 30.8 Å². The minimum Gasteiger partial charge on any atom is -0.481 e. The van der Waals surface area contributed by atoms with Crippen LogP contribution in [0.4, 0.5) is 11.4 Å². The van der Waals surface area contributed by atoms with Crippen LogP contribution in [-0.2, 0) is 14.4 Å². The van der Waals surface area contributed by atoms with Crippen LogP contribution in [0.1, 0.15) is 13.3 Å². The van der Waals surface area contributed by atoms with E-state index in [1.54, 1.807) is 36.2 Å². The number of rotatable bonds is 7. The minimum atomic E-state index is -0.893. The predicted octanol–water partition coefficient (Wildman–Crippen LogP) is 0.990. The Kier molecular flexibility index (Phi) is 6.35. The van der Waals surface area contributed by atoms with Gasteiger partial charge in [0, 0.05) is 24.8 Å². The molecule has 0 heterocycles. The van der Waals surface area contributed by atoms with Crippen molar-refractivity contribution in [1.29, 1.82) is 0 Å². The molecular formula is C14H19N3O4. The number of hydrogen-bond acceptors (Lipinski definition) is 4. The molecule has 7 heteroatoms. The number of nitrogens with zero attached hydrogens (tertiary/aromatic N) is 1. The first-order valence-corrected chi connectivity index (χ1v) is 6.44. The SMILES string of the molecule is CC(=O)Nc1ccc(NC(=O)CN(C)CCC(=O)O)cc1. The van der Waals surface area contributed by atoms with Gasteiger partial charge in [-0.05, 0) is 31.3 Å². The van der Waals surface area contributed by atoms with Crippen molar-refractivity contribution < 1.29 is 19.5 Å². The van der Waals surface area contributed by atoms with Gasteiger partial charge in [0.15, 0.2) is 0 Å². The molecule has 1 aromatic rings. The third-order valence-corrected chi connectivity index (χ3v) is 2.61. The fraction of sp³-hybridized carbons (Fsp3) is 0.357. The Balaban J connectivity index is 2.43. The van der Waals surface area contributed by atoms with Gasteiger partial charge in [-0.2, -0.15) is 0 Å². The van der Waals surface area contributed by atoms with E-state index >= 15 is 0 Å². The molecule has 0 unspecified atom stereocenters. The molecule has 0 saturated carbocycles. The van der Waals surface area contributed by atoms with Gasteiger partial charge < -0.3 is 15.7 Å². The largest absolute Gasteiger partial charge is 0.481 e. The second kappa shape index (κ2) is 8.01. The Morgan fingerprint density at radius 1 is 1.10 bits per heavy atom. The van der Waals surface area contributed by atoms with Gasteiger partial charge in [-0.3, -0.25) is 19.3 Å². The smallest absolute Gasteiger partial charge is 0.304 e. The number of benzene rings is 1. The molecule has 0 aromatic heterocycles. The maximum Gasteiger partial charge on any atom is 0.304 e. The molecule has 0 radical (unpaired) electrons. The Labute approximate surface area is 122 Å². The Morgan fingerprint density at radius 3 is 2.10 bits per heavy atom. The average molecular weight is 293 g/mol. The zero-order valence-electron chi connectivity index (χ0n) is 12.0. The number of amides is 2. The van der Waals surface area contributed by atoms with Gasteiger partial charge in [0.1, 0.15) is 0 Å². The van der Waals surface area contributed by atoms with Crippen LogP contribution in [0.2, 0.25) is 0 Å². The molecule has 7 nitrogen and oxygen atoms in total. The van der Waals surface area contributed by atoms with E-state index in [9.17, 15) is 14.4 Å². The topological polar surface area (TPSA) is 98.7 Å². The van der Waals surface area contributed by atoms with Crippen LogP contribution in [0, 0.1) is 0 Å². The minimum absolute atomic E-state index is 0.00477. The van der Waals surface area contributed by atoms with Crippen molar-refractivity contribution in [3.8, 4) is 0 Å². The summed E-state index contributed by atoms with van der Waals surface area (Å²) in [5, 5.41) is 13.9. The van der Waals surface area contributed by atoms with E-state index in [1.165, 1.54) is 6.92 Å². The molecule has 0 aliphatic heterocycles. The van der Waals surface area contributed by atoms with E-state index < -0.39 is 5.97 Å². The third kappa shape index (κ3) is 7.07. The first-order valence-electron chi connectivity index (χ1n) is 6.44. The van der Waals surface area contributed by atoms with Gasteiger partial charge in [-0.25, -0.2) is 0 Å². The van der Waals surface area contributed by atoms with Crippen LogP contribution in [0.15, 0.2) is 24.3 Å². The zero-order chi connectivity index (χ0) is 15.8. The summed E-state index contributed by atoms with van der Waals surface area (Å²) in [6.45, 7) is 1.84. The van der Waals surface area contributed by atoms with E-state index in [4.69, 9.17) is 5.11 Å². The number of carboxylic acids is 1. The predicted molar refractivity (Wildman–Crippen MR) is 79.1 cm³/mol. The summed E-state index contributed by atoms with van der Waals surface area (Å²) in [6, 6.07) is 6.73. The van der Waals surface area contributed by atoms with Gasteiger partial charge >= 0.3 is 5.97 Å². The maximum absolute atomic E-state index is 11.8. The van der Waals surface area contributed by atoms with Crippen LogP contribution in [0.3, 0.4) is 0 Å². The fourth-order valence-electron chi connectivity index (χ4n) is 1.65. The molecule has 0 aliphatic rings. The Morgan fingerprint density at radius 2 is 1.62 bits per heavy atom. The van der Waals surface area contributed by atoms with Gasteiger partial charge in [0.05, 0.1) is 13.0 Å². The van der Waals surface area contributed by atoms with Crippen molar-refractivity contribution in [2.45, 2.75) is 13.3 Å². The summed E-state index contributed by atoms with van der Waals surface area (Å²) in [7, 11) is 1.68. The molecule has 0 spiro atoms. The normalized spacial score (nSPS) is 10.2. The summed E-state index contributed by atoms with van der Waals surface area (Å²) >= 11 is 0. The van der Waals surface area contributed by atoms with Gasteiger partial charge in [0.2, 0.25) is 11.8 Å². The number of hydrogen-bond donors (Lipinski definition) is 3. The highest BCUT2D eigenvalue weighted by molar-refractivity contribution is 5.93. The first kappa shape index (κ1) is 16.6. The number of aliphatic carboxylic acids is 1. The monoisotopic (exact) mass is 293 g/mol. The molecule has 0 atom stereocenters. The highest BCUT2D eigenvalue weighted by Crippen LogP contribution is 2.13. The summed E-state index contributed by atoms with van der Waals surface area (Å²) in [6.07, 6.45) is -0.00477. The van der Waals surface area contributed by atoms with E-state index in [0.717, 1.165) is 0 Å². The standard InChI is InChI=1S/C14H19N3O4/c1-10(18)15-11-3-5-12(6-4-11)16-13(19)9-17(2)8-7-14(20)21/h3-6H,7-9H2,1-2H3,(H,15,18)(H,16,19)(H,20,21). The number of nitrogens with one attached hydrogen (secondary N) is 2. The first-order chi connectivity index (χ1) is 9.86. The fourth-order valence-corrected chi connectivity index (χ4v) is 1.65. The van der Waals surface area contributed by atoms with Crippen molar-refractivity contribution in [3.05, 3.63) is 24.3 Å². The quantitative estimate of drug-likeness (QED) is 0.696. The second-order valence-corrected chi connectivity index (χ2v) is 4.69.